The van der Waals surface area contributed by atoms with Crippen LogP contribution in [0.1, 0.15) is 97.8 Å². The van der Waals surface area contributed by atoms with Gasteiger partial charge in [0.05, 0.1) is 6.33 Å². The first-order valence-corrected chi connectivity index (χ1v) is 12.8. The highest BCUT2D eigenvalue weighted by atomic mass is 15.1. The van der Waals surface area contributed by atoms with Gasteiger partial charge in [0, 0.05) is 57.0 Å². The molecule has 2 N–H and O–H groups in total. The molecule has 0 spiro atoms. The molecule has 0 saturated carbocycles. The van der Waals surface area contributed by atoms with Gasteiger partial charge in [-0.3, -0.25) is 0 Å². The van der Waals surface area contributed by atoms with Crippen molar-refractivity contribution in [3.05, 3.63) is 31.1 Å². The summed E-state index contributed by atoms with van der Waals surface area (Å²) >= 11 is 0. The zero-order chi connectivity index (χ0) is 22.6. The quantitative estimate of drug-likeness (QED) is 0.235. The Hall–Kier alpha value is -1.49. The van der Waals surface area contributed by atoms with Crippen molar-refractivity contribution < 1.29 is 0 Å². The van der Waals surface area contributed by atoms with Crippen molar-refractivity contribution in [3.8, 4) is 0 Å². The third kappa shape index (κ3) is 16.8. The van der Waals surface area contributed by atoms with E-state index in [2.05, 4.69) is 71.5 Å². The maximum Gasteiger partial charge on any atom is 0.0945 e. The van der Waals surface area contributed by atoms with Crippen LogP contribution in [-0.4, -0.2) is 46.7 Å². The number of rotatable bonds is 21. The summed E-state index contributed by atoms with van der Waals surface area (Å²) in [6.07, 6.45) is 26.1. The fourth-order valence-electron chi connectivity index (χ4n) is 3.57. The van der Waals surface area contributed by atoms with Crippen LogP contribution in [0.5, 0.6) is 0 Å². The highest BCUT2D eigenvalue weighted by Crippen LogP contribution is 2.11. The van der Waals surface area contributed by atoms with Gasteiger partial charge in [-0.1, -0.05) is 58.3 Å². The lowest BCUT2D eigenvalue weighted by atomic mass is 10.0. The number of nitrogens with zero attached hydrogens (tertiary/aromatic N) is 3. The van der Waals surface area contributed by atoms with E-state index in [1.165, 1.54) is 70.6 Å². The van der Waals surface area contributed by atoms with Crippen LogP contribution in [0.3, 0.4) is 0 Å². The van der Waals surface area contributed by atoms with Crippen molar-refractivity contribution in [2.24, 2.45) is 0 Å². The minimum atomic E-state index is 0.261. The van der Waals surface area contributed by atoms with E-state index in [1.54, 1.807) is 0 Å². The molecule has 0 aliphatic carbocycles. The van der Waals surface area contributed by atoms with Crippen molar-refractivity contribution in [1.29, 1.82) is 0 Å². The first-order chi connectivity index (χ1) is 15.0. The number of hydrogen-bond acceptors (Lipinski definition) is 4. The van der Waals surface area contributed by atoms with Gasteiger partial charge in [-0.2, -0.15) is 0 Å². The Bertz CT molecular complexity index is 524. The number of unbranched alkanes of at least 4 members (excludes halogenated alkanes) is 9. The van der Waals surface area contributed by atoms with Gasteiger partial charge in [0.15, 0.2) is 0 Å². The van der Waals surface area contributed by atoms with Crippen molar-refractivity contribution in [2.45, 2.75) is 110 Å². The summed E-state index contributed by atoms with van der Waals surface area (Å²) in [5, 5.41) is 7.00. The largest absolute Gasteiger partial charge is 0.390 e. The summed E-state index contributed by atoms with van der Waals surface area (Å²) in [7, 11) is 2.18. The average molecular weight is 434 g/mol. The average Bonchev–Trinajstić information content (AvgIpc) is 3.27. The minimum Gasteiger partial charge on any atom is -0.390 e. The normalized spacial score (nSPS) is 12.0. The molecular formula is C26H51N5. The molecule has 5 heteroatoms. The highest BCUT2D eigenvalue weighted by molar-refractivity contribution is 4.79. The molecule has 1 aromatic rings. The van der Waals surface area contributed by atoms with Crippen LogP contribution in [0.15, 0.2) is 31.1 Å². The Kier molecular flexibility index (Phi) is 16.1. The molecule has 1 aromatic heterocycles. The first-order valence-electron chi connectivity index (χ1n) is 12.8. The Labute approximate surface area is 193 Å². The van der Waals surface area contributed by atoms with E-state index in [-0.39, 0.29) is 5.54 Å². The summed E-state index contributed by atoms with van der Waals surface area (Å²) in [5.41, 5.74) is 0.261. The molecule has 31 heavy (non-hydrogen) atoms. The predicted molar refractivity (Wildman–Crippen MR) is 135 cm³/mol. The number of aromatic nitrogens is 2. The lowest BCUT2D eigenvalue weighted by Crippen LogP contribution is -2.39. The second kappa shape index (κ2) is 18.1. The van der Waals surface area contributed by atoms with E-state index in [1.807, 2.05) is 12.5 Å². The summed E-state index contributed by atoms with van der Waals surface area (Å²) < 4.78 is 2.18. The molecule has 0 aliphatic heterocycles. The number of hydrogen-bond donors (Lipinski definition) is 2. The van der Waals surface area contributed by atoms with E-state index in [0.717, 1.165) is 32.6 Å². The van der Waals surface area contributed by atoms with Crippen molar-refractivity contribution >= 4 is 0 Å². The van der Waals surface area contributed by atoms with Gasteiger partial charge >= 0.3 is 0 Å². The van der Waals surface area contributed by atoms with Gasteiger partial charge in [0.25, 0.3) is 0 Å². The van der Waals surface area contributed by atoms with Crippen LogP contribution in [0.25, 0.3) is 0 Å². The van der Waals surface area contributed by atoms with Crippen LogP contribution in [-0.2, 0) is 6.54 Å². The number of imidazole rings is 1. The first kappa shape index (κ1) is 27.5. The lowest BCUT2D eigenvalue weighted by molar-refractivity contribution is 0.374. The summed E-state index contributed by atoms with van der Waals surface area (Å²) in [5.74, 6) is 0. The molecule has 0 unspecified atom stereocenters. The second-order valence-electron chi connectivity index (χ2n) is 9.60. The molecule has 0 bridgehead atoms. The summed E-state index contributed by atoms with van der Waals surface area (Å²) in [4.78, 5) is 6.39. The molecule has 0 atom stereocenters. The van der Waals surface area contributed by atoms with Gasteiger partial charge in [-0.05, 0) is 46.1 Å². The zero-order valence-corrected chi connectivity index (χ0v) is 21.0. The molecule has 0 aromatic carbocycles. The fraction of sp³-hybridized carbons (Fsp3) is 0.808. The van der Waals surface area contributed by atoms with E-state index >= 15 is 0 Å². The second-order valence-corrected chi connectivity index (χ2v) is 9.60. The molecule has 0 fully saturated rings. The van der Waals surface area contributed by atoms with Crippen LogP contribution in [0, 0.1) is 0 Å². The van der Waals surface area contributed by atoms with E-state index in [9.17, 15) is 0 Å². The van der Waals surface area contributed by atoms with Crippen molar-refractivity contribution in [2.75, 3.05) is 26.7 Å². The Balaban J connectivity index is 1.79. The van der Waals surface area contributed by atoms with Crippen LogP contribution >= 0.6 is 0 Å². The molecule has 0 saturated heterocycles. The monoisotopic (exact) mass is 433 g/mol. The maximum atomic E-state index is 4.09. The van der Waals surface area contributed by atoms with Crippen LogP contribution in [0.2, 0.25) is 0 Å². The van der Waals surface area contributed by atoms with Crippen molar-refractivity contribution in [3.63, 3.8) is 0 Å². The third-order valence-corrected chi connectivity index (χ3v) is 6.17. The minimum absolute atomic E-state index is 0.261. The molecule has 1 heterocycles. The molecular weight excluding hydrogens is 382 g/mol. The van der Waals surface area contributed by atoms with E-state index < -0.39 is 0 Å². The highest BCUT2D eigenvalue weighted by Gasteiger charge is 2.12. The molecule has 0 radical (unpaired) electrons. The molecule has 180 valence electrons. The number of nitrogens with one attached hydrogen (secondary N) is 2. The standard InChI is InChI=1S/C26H51N5/c1-5-26(2,3)29-18-16-17-27-19-23-30(4)21-14-12-10-8-6-7-9-11-13-15-22-31-24-20-28-25-31/h19-20,23-25,27,29H,5-18,21-22H2,1-4H3/b23-19-. The van der Waals surface area contributed by atoms with E-state index in [0.29, 0.717) is 0 Å². The van der Waals surface area contributed by atoms with Gasteiger partial charge < -0.3 is 20.1 Å². The third-order valence-electron chi connectivity index (χ3n) is 6.17. The molecule has 0 aliphatic rings. The fourth-order valence-corrected chi connectivity index (χ4v) is 3.57. The number of aryl methyl sites for hydroxylation is 1. The van der Waals surface area contributed by atoms with Gasteiger partial charge in [0.1, 0.15) is 0 Å². The molecule has 5 nitrogen and oxygen atoms in total. The molecule has 0 amide bonds. The van der Waals surface area contributed by atoms with Gasteiger partial charge in [0.2, 0.25) is 0 Å². The zero-order valence-electron chi connectivity index (χ0n) is 21.0. The topological polar surface area (TPSA) is 45.1 Å². The van der Waals surface area contributed by atoms with Crippen LogP contribution < -0.4 is 10.6 Å². The van der Waals surface area contributed by atoms with Crippen LogP contribution in [0.4, 0.5) is 0 Å². The Morgan fingerprint density at radius 3 is 2.16 bits per heavy atom. The van der Waals surface area contributed by atoms with Gasteiger partial charge in [-0.15, -0.1) is 0 Å². The summed E-state index contributed by atoms with van der Waals surface area (Å²) in [6, 6.07) is 0. The smallest absolute Gasteiger partial charge is 0.0945 e. The Morgan fingerprint density at radius 1 is 0.903 bits per heavy atom. The van der Waals surface area contributed by atoms with Crippen molar-refractivity contribution in [1.82, 2.24) is 25.1 Å². The Morgan fingerprint density at radius 2 is 1.55 bits per heavy atom. The van der Waals surface area contributed by atoms with Gasteiger partial charge in [-0.25, -0.2) is 4.98 Å². The predicted octanol–water partition coefficient (Wildman–Crippen LogP) is 5.95. The maximum absolute atomic E-state index is 4.09. The SMILES string of the molecule is CCC(C)(C)NCCCN/C=C\N(C)CCCCCCCCCCCCn1ccnc1. The lowest BCUT2D eigenvalue weighted by Gasteiger charge is -2.24. The van der Waals surface area contributed by atoms with E-state index in [4.69, 9.17) is 0 Å². The molecule has 1 rings (SSSR count). The summed E-state index contributed by atoms with van der Waals surface area (Å²) in [6.45, 7) is 11.1.